The fourth-order valence-electron chi connectivity index (χ4n) is 2.83. The molecule has 1 aromatic heterocycles. The molecule has 2 heterocycles. The van der Waals surface area contributed by atoms with Crippen LogP contribution in [0.4, 0.5) is 0 Å². The molecule has 1 fully saturated rings. The predicted octanol–water partition coefficient (Wildman–Crippen LogP) is 0.580. The summed E-state index contributed by atoms with van der Waals surface area (Å²) < 4.78 is 2.55. The van der Waals surface area contributed by atoms with Crippen molar-refractivity contribution in [1.29, 1.82) is 0 Å². The van der Waals surface area contributed by atoms with Crippen LogP contribution < -0.4 is 5.69 Å². The fourth-order valence-corrected chi connectivity index (χ4v) is 3.04. The van der Waals surface area contributed by atoms with Crippen molar-refractivity contribution in [2.45, 2.75) is 13.1 Å². The van der Waals surface area contributed by atoms with Gasteiger partial charge in [0.05, 0.1) is 0 Å². The summed E-state index contributed by atoms with van der Waals surface area (Å²) in [5.41, 5.74) is 0.895. The van der Waals surface area contributed by atoms with Crippen molar-refractivity contribution in [3.05, 3.63) is 51.7 Å². The Bertz CT molecular complexity index is 777. The number of nitrogens with zero attached hydrogens (tertiary/aromatic N) is 5. The number of carbonyl (C=O) groups is 1. The van der Waals surface area contributed by atoms with Crippen LogP contribution in [0.5, 0.6) is 0 Å². The standard InChI is InChI=1S/C16H20ClN5O2/c1-19-16(24)22(12-18-19)11-15(23)21-7-5-20(6-8-21)10-13-3-2-4-14(17)9-13/h2-4,9,12H,5-8,10-11H2,1H3. The van der Waals surface area contributed by atoms with Gasteiger partial charge in [-0.1, -0.05) is 23.7 Å². The molecular formula is C16H20ClN5O2. The number of amides is 1. The Morgan fingerprint density at radius 3 is 2.62 bits per heavy atom. The van der Waals surface area contributed by atoms with E-state index in [9.17, 15) is 9.59 Å². The van der Waals surface area contributed by atoms with Crippen molar-refractivity contribution in [2.24, 2.45) is 7.05 Å². The van der Waals surface area contributed by atoms with Crippen molar-refractivity contribution in [2.75, 3.05) is 26.2 Å². The van der Waals surface area contributed by atoms with Crippen molar-refractivity contribution in [1.82, 2.24) is 24.1 Å². The molecule has 1 saturated heterocycles. The van der Waals surface area contributed by atoms with Crippen LogP contribution in [-0.2, 0) is 24.9 Å². The van der Waals surface area contributed by atoms with Crippen molar-refractivity contribution < 1.29 is 4.79 Å². The molecule has 3 rings (SSSR count). The number of halogens is 1. The SMILES string of the molecule is Cn1ncn(CC(=O)N2CCN(Cc3cccc(Cl)c3)CC2)c1=O. The Morgan fingerprint density at radius 1 is 1.25 bits per heavy atom. The lowest BCUT2D eigenvalue weighted by Gasteiger charge is -2.34. The second-order valence-electron chi connectivity index (χ2n) is 5.95. The number of hydrogen-bond acceptors (Lipinski definition) is 4. The molecule has 0 bridgehead atoms. The largest absolute Gasteiger partial charge is 0.345 e. The quantitative estimate of drug-likeness (QED) is 0.810. The summed E-state index contributed by atoms with van der Waals surface area (Å²) in [4.78, 5) is 28.2. The Labute approximate surface area is 145 Å². The zero-order valence-electron chi connectivity index (χ0n) is 13.6. The highest BCUT2D eigenvalue weighted by molar-refractivity contribution is 6.30. The van der Waals surface area contributed by atoms with Gasteiger partial charge in [0, 0.05) is 44.8 Å². The van der Waals surface area contributed by atoms with E-state index in [1.807, 2.05) is 18.2 Å². The third-order valence-corrected chi connectivity index (χ3v) is 4.45. The molecule has 0 atom stereocenters. The van der Waals surface area contributed by atoms with Gasteiger partial charge in [-0.2, -0.15) is 5.10 Å². The zero-order valence-corrected chi connectivity index (χ0v) is 14.3. The van der Waals surface area contributed by atoms with Gasteiger partial charge in [-0.3, -0.25) is 14.3 Å². The lowest BCUT2D eigenvalue weighted by molar-refractivity contribution is -0.133. The predicted molar refractivity (Wildman–Crippen MR) is 90.8 cm³/mol. The molecule has 1 aromatic carbocycles. The smallest absolute Gasteiger partial charge is 0.339 e. The Kier molecular flexibility index (Phi) is 5.01. The monoisotopic (exact) mass is 349 g/mol. The second kappa shape index (κ2) is 7.19. The molecule has 0 aliphatic carbocycles. The van der Waals surface area contributed by atoms with E-state index >= 15 is 0 Å². The maximum atomic E-state index is 12.3. The van der Waals surface area contributed by atoms with Crippen molar-refractivity contribution >= 4 is 17.5 Å². The van der Waals surface area contributed by atoms with Crippen LogP contribution >= 0.6 is 11.6 Å². The molecule has 0 unspecified atom stereocenters. The first-order chi connectivity index (χ1) is 11.5. The minimum atomic E-state index is -0.275. The molecule has 128 valence electrons. The van der Waals surface area contributed by atoms with Crippen molar-refractivity contribution in [3.63, 3.8) is 0 Å². The number of aromatic nitrogens is 3. The van der Waals surface area contributed by atoms with Crippen LogP contribution in [0.15, 0.2) is 35.4 Å². The second-order valence-corrected chi connectivity index (χ2v) is 6.39. The molecule has 0 saturated carbocycles. The average molecular weight is 350 g/mol. The number of hydrogen-bond donors (Lipinski definition) is 0. The maximum Gasteiger partial charge on any atom is 0.345 e. The summed E-state index contributed by atoms with van der Waals surface area (Å²) in [5, 5.41) is 4.60. The zero-order chi connectivity index (χ0) is 17.1. The Hall–Kier alpha value is -2.12. The summed E-state index contributed by atoms with van der Waals surface area (Å²) in [6, 6.07) is 7.83. The van der Waals surface area contributed by atoms with E-state index in [-0.39, 0.29) is 18.1 Å². The first kappa shape index (κ1) is 16.7. The molecule has 24 heavy (non-hydrogen) atoms. The van der Waals surface area contributed by atoms with Gasteiger partial charge in [-0.25, -0.2) is 9.48 Å². The topological polar surface area (TPSA) is 63.4 Å². The third kappa shape index (κ3) is 3.85. The van der Waals surface area contributed by atoms with Gasteiger partial charge < -0.3 is 4.90 Å². The molecule has 1 aliphatic heterocycles. The van der Waals surface area contributed by atoms with Crippen LogP contribution in [0.1, 0.15) is 5.56 Å². The summed E-state index contributed by atoms with van der Waals surface area (Å²) in [6.45, 7) is 3.80. The lowest BCUT2D eigenvalue weighted by atomic mass is 10.2. The highest BCUT2D eigenvalue weighted by Gasteiger charge is 2.22. The van der Waals surface area contributed by atoms with Gasteiger partial charge >= 0.3 is 5.69 Å². The van der Waals surface area contributed by atoms with Gasteiger partial charge in [-0.05, 0) is 17.7 Å². The van der Waals surface area contributed by atoms with Crippen molar-refractivity contribution in [3.8, 4) is 0 Å². The van der Waals surface area contributed by atoms with Gasteiger partial charge in [0.1, 0.15) is 12.9 Å². The third-order valence-electron chi connectivity index (χ3n) is 4.21. The summed E-state index contributed by atoms with van der Waals surface area (Å²) >= 11 is 6.01. The molecule has 8 heteroatoms. The van der Waals surface area contributed by atoms with E-state index in [1.165, 1.54) is 21.1 Å². The molecule has 0 spiro atoms. The van der Waals surface area contributed by atoms with Crippen LogP contribution in [-0.4, -0.2) is 56.2 Å². The number of benzene rings is 1. The van der Waals surface area contributed by atoms with E-state index in [0.29, 0.717) is 13.1 Å². The van der Waals surface area contributed by atoms with Gasteiger partial charge in [0.2, 0.25) is 5.91 Å². The number of rotatable bonds is 4. The summed E-state index contributed by atoms with van der Waals surface area (Å²) in [6.07, 6.45) is 1.40. The molecule has 1 amide bonds. The van der Waals surface area contributed by atoms with Crippen LogP contribution in [0.3, 0.4) is 0 Å². The highest BCUT2D eigenvalue weighted by atomic mass is 35.5. The molecule has 7 nitrogen and oxygen atoms in total. The van der Waals surface area contributed by atoms with E-state index < -0.39 is 0 Å². The molecule has 2 aromatic rings. The minimum Gasteiger partial charge on any atom is -0.339 e. The fraction of sp³-hybridized carbons (Fsp3) is 0.438. The average Bonchev–Trinajstić information content (AvgIpc) is 2.87. The van der Waals surface area contributed by atoms with E-state index in [1.54, 1.807) is 11.9 Å². The Morgan fingerprint density at radius 2 is 2.00 bits per heavy atom. The molecule has 0 radical (unpaired) electrons. The first-order valence-electron chi connectivity index (χ1n) is 7.86. The first-order valence-corrected chi connectivity index (χ1v) is 8.24. The number of piperazine rings is 1. The van der Waals surface area contributed by atoms with Crippen LogP contribution in [0.25, 0.3) is 0 Å². The van der Waals surface area contributed by atoms with Crippen LogP contribution in [0.2, 0.25) is 5.02 Å². The highest BCUT2D eigenvalue weighted by Crippen LogP contribution is 2.14. The normalized spacial score (nSPS) is 15.7. The molecular weight excluding hydrogens is 330 g/mol. The minimum absolute atomic E-state index is 0.0426. The van der Waals surface area contributed by atoms with E-state index in [2.05, 4.69) is 16.1 Å². The number of carbonyl (C=O) groups excluding carboxylic acids is 1. The summed E-state index contributed by atoms with van der Waals surface area (Å²) in [7, 11) is 1.57. The van der Waals surface area contributed by atoms with Crippen LogP contribution in [0, 0.1) is 0 Å². The van der Waals surface area contributed by atoms with E-state index in [0.717, 1.165) is 24.7 Å². The summed E-state index contributed by atoms with van der Waals surface area (Å²) in [5.74, 6) is -0.0486. The lowest BCUT2D eigenvalue weighted by Crippen LogP contribution is -2.49. The number of aryl methyl sites for hydroxylation is 1. The molecule has 0 N–H and O–H groups in total. The van der Waals surface area contributed by atoms with E-state index in [4.69, 9.17) is 11.6 Å². The van der Waals surface area contributed by atoms with Gasteiger partial charge in [0.25, 0.3) is 0 Å². The van der Waals surface area contributed by atoms with Gasteiger partial charge in [0.15, 0.2) is 0 Å². The van der Waals surface area contributed by atoms with Gasteiger partial charge in [-0.15, -0.1) is 0 Å². The molecule has 1 aliphatic rings. The maximum absolute atomic E-state index is 12.3. The Balaban J connectivity index is 1.52.